The van der Waals surface area contributed by atoms with Gasteiger partial charge in [0.1, 0.15) is 0 Å². The molecule has 2 rings (SSSR count). The minimum atomic E-state index is 0.603. The van der Waals surface area contributed by atoms with Crippen LogP contribution in [0, 0.1) is 11.3 Å². The first kappa shape index (κ1) is 15.0. The van der Waals surface area contributed by atoms with Crippen LogP contribution in [0.3, 0.4) is 0 Å². The molecule has 1 unspecified atom stereocenters. The molecule has 0 bridgehead atoms. The van der Waals surface area contributed by atoms with E-state index in [2.05, 4.69) is 49.2 Å². The fraction of sp³-hybridized carbons (Fsp3) is 0.263. The second-order valence-corrected chi connectivity index (χ2v) is 5.27. The summed E-state index contributed by atoms with van der Waals surface area (Å²) in [7, 11) is 0. The molecule has 21 heavy (non-hydrogen) atoms. The van der Waals surface area contributed by atoms with Crippen LogP contribution in [0.25, 0.3) is 0 Å². The van der Waals surface area contributed by atoms with Gasteiger partial charge in [-0.15, -0.1) is 0 Å². The minimum absolute atomic E-state index is 0.603. The van der Waals surface area contributed by atoms with E-state index in [1.165, 1.54) is 18.4 Å². The van der Waals surface area contributed by atoms with Gasteiger partial charge in [-0.2, -0.15) is 5.26 Å². The molecule has 0 saturated carbocycles. The molecule has 1 atom stereocenters. The van der Waals surface area contributed by atoms with E-state index in [9.17, 15) is 0 Å². The molecule has 2 nitrogen and oxygen atoms in total. The molecule has 0 aliphatic carbocycles. The molecule has 0 heterocycles. The Morgan fingerprint density at radius 3 is 2.33 bits per heavy atom. The Balaban J connectivity index is 2.05. The molecule has 0 radical (unpaired) electrons. The van der Waals surface area contributed by atoms with Gasteiger partial charge < -0.3 is 0 Å². The third-order valence-electron chi connectivity index (χ3n) is 3.59. The van der Waals surface area contributed by atoms with Gasteiger partial charge >= 0.3 is 0 Å². The van der Waals surface area contributed by atoms with E-state index in [4.69, 9.17) is 5.26 Å². The monoisotopic (exact) mass is 276 g/mol. The number of hydrogen-bond donors (Lipinski definition) is 0. The highest BCUT2D eigenvalue weighted by Crippen LogP contribution is 2.23. The summed E-state index contributed by atoms with van der Waals surface area (Å²) in [6.45, 7) is 4.48. The largest absolute Gasteiger partial charge is 0.256 e. The molecule has 0 N–H and O–H groups in total. The zero-order valence-corrected chi connectivity index (χ0v) is 12.6. The van der Waals surface area contributed by atoms with Gasteiger partial charge in [-0.25, -0.2) is 0 Å². The number of nitriles is 1. The molecule has 0 spiro atoms. The Kier molecular flexibility index (Phi) is 5.29. The number of nitrogens with zero attached hydrogens (tertiary/aromatic N) is 2. The lowest BCUT2D eigenvalue weighted by Crippen LogP contribution is -1.91. The van der Waals surface area contributed by atoms with Crippen molar-refractivity contribution in [1.29, 1.82) is 5.26 Å². The third kappa shape index (κ3) is 4.29. The van der Waals surface area contributed by atoms with Crippen molar-refractivity contribution in [3.63, 3.8) is 0 Å². The summed E-state index contributed by atoms with van der Waals surface area (Å²) in [5.74, 6) is 0.603. The zero-order chi connectivity index (χ0) is 15.1. The van der Waals surface area contributed by atoms with Crippen LogP contribution in [0.5, 0.6) is 0 Å². The maximum atomic E-state index is 8.76. The lowest BCUT2D eigenvalue weighted by atomic mass is 9.96. The molecule has 2 heteroatoms. The first-order valence-corrected chi connectivity index (χ1v) is 7.37. The van der Waals surface area contributed by atoms with Crippen LogP contribution >= 0.6 is 0 Å². The minimum Gasteiger partial charge on any atom is -0.256 e. The van der Waals surface area contributed by atoms with Crippen LogP contribution in [-0.4, -0.2) is 6.21 Å². The highest BCUT2D eigenvalue weighted by molar-refractivity contribution is 5.82. The summed E-state index contributed by atoms with van der Waals surface area (Å²) in [5.41, 5.74) is 3.99. The topological polar surface area (TPSA) is 36.1 Å². The van der Waals surface area contributed by atoms with Crippen molar-refractivity contribution >= 4 is 11.9 Å². The summed E-state index contributed by atoms with van der Waals surface area (Å²) in [4.78, 5) is 4.47. The Morgan fingerprint density at radius 1 is 1.10 bits per heavy atom. The lowest BCUT2D eigenvalue weighted by molar-refractivity contribution is 0.665. The number of benzene rings is 2. The zero-order valence-electron chi connectivity index (χ0n) is 12.6. The van der Waals surface area contributed by atoms with Crippen molar-refractivity contribution in [3.05, 3.63) is 65.2 Å². The number of aliphatic imine (C=N–C) groups is 1. The SMILES string of the molecule is CCCC(C)c1ccc(N=Cc2ccc(C#N)cc2)cc1. The van der Waals surface area contributed by atoms with E-state index in [0.29, 0.717) is 11.5 Å². The summed E-state index contributed by atoms with van der Waals surface area (Å²) in [6.07, 6.45) is 4.25. The number of hydrogen-bond acceptors (Lipinski definition) is 2. The first-order chi connectivity index (χ1) is 10.2. The molecule has 0 aliphatic heterocycles. The maximum absolute atomic E-state index is 8.76. The van der Waals surface area contributed by atoms with Gasteiger partial charge in [0.25, 0.3) is 0 Å². The maximum Gasteiger partial charge on any atom is 0.0991 e. The Hall–Kier alpha value is -2.40. The van der Waals surface area contributed by atoms with Gasteiger partial charge in [-0.3, -0.25) is 4.99 Å². The van der Waals surface area contributed by atoms with Crippen LogP contribution in [0.4, 0.5) is 5.69 Å². The Morgan fingerprint density at radius 2 is 1.76 bits per heavy atom. The van der Waals surface area contributed by atoms with Crippen LogP contribution < -0.4 is 0 Å². The summed E-state index contributed by atoms with van der Waals surface area (Å²) in [6, 6.07) is 18.0. The van der Waals surface area contributed by atoms with Gasteiger partial charge in [-0.05, 0) is 47.7 Å². The van der Waals surface area contributed by atoms with E-state index < -0.39 is 0 Å². The molecule has 0 saturated heterocycles. The smallest absolute Gasteiger partial charge is 0.0991 e. The fourth-order valence-corrected chi connectivity index (χ4v) is 2.28. The second kappa shape index (κ2) is 7.40. The second-order valence-electron chi connectivity index (χ2n) is 5.27. The van der Waals surface area contributed by atoms with Crippen molar-refractivity contribution in [1.82, 2.24) is 0 Å². The fourth-order valence-electron chi connectivity index (χ4n) is 2.28. The standard InChI is InChI=1S/C19H20N2/c1-3-4-15(2)18-9-11-19(12-10-18)21-14-17-7-5-16(13-20)6-8-17/h5-12,14-15H,3-4H2,1-2H3. The quantitative estimate of drug-likeness (QED) is 0.690. The molecule has 0 amide bonds. The number of rotatable bonds is 5. The van der Waals surface area contributed by atoms with Gasteiger partial charge in [0.05, 0.1) is 17.3 Å². The van der Waals surface area contributed by atoms with Gasteiger partial charge in [0, 0.05) is 6.21 Å². The van der Waals surface area contributed by atoms with Gasteiger partial charge in [0.2, 0.25) is 0 Å². The highest BCUT2D eigenvalue weighted by Gasteiger charge is 2.03. The van der Waals surface area contributed by atoms with Crippen LogP contribution in [-0.2, 0) is 0 Å². The first-order valence-electron chi connectivity index (χ1n) is 7.37. The predicted octanol–water partition coefficient (Wildman–Crippen LogP) is 5.21. The molecular weight excluding hydrogens is 256 g/mol. The Labute approximate surface area is 126 Å². The molecule has 0 aromatic heterocycles. The average Bonchev–Trinajstić information content (AvgIpc) is 2.54. The van der Waals surface area contributed by atoms with Crippen molar-refractivity contribution < 1.29 is 0 Å². The normalized spacial score (nSPS) is 12.2. The Bertz CT molecular complexity index is 631. The summed E-state index contributed by atoms with van der Waals surface area (Å²) >= 11 is 0. The van der Waals surface area contributed by atoms with Crippen LogP contribution in [0.15, 0.2) is 53.5 Å². The lowest BCUT2D eigenvalue weighted by Gasteiger charge is -2.10. The molecule has 106 valence electrons. The van der Waals surface area contributed by atoms with Crippen LogP contribution in [0.2, 0.25) is 0 Å². The van der Waals surface area contributed by atoms with Gasteiger partial charge in [0.15, 0.2) is 0 Å². The van der Waals surface area contributed by atoms with Crippen molar-refractivity contribution in [2.75, 3.05) is 0 Å². The highest BCUT2D eigenvalue weighted by atomic mass is 14.7. The van der Waals surface area contributed by atoms with Crippen molar-refractivity contribution in [3.8, 4) is 6.07 Å². The van der Waals surface area contributed by atoms with Crippen molar-refractivity contribution in [2.24, 2.45) is 4.99 Å². The molecular formula is C19H20N2. The predicted molar refractivity (Wildman–Crippen MR) is 88.2 cm³/mol. The van der Waals surface area contributed by atoms with Crippen LogP contribution in [0.1, 0.15) is 49.3 Å². The van der Waals surface area contributed by atoms with Gasteiger partial charge in [-0.1, -0.05) is 44.5 Å². The van der Waals surface area contributed by atoms with E-state index >= 15 is 0 Å². The average molecular weight is 276 g/mol. The molecule has 2 aromatic carbocycles. The molecule has 0 fully saturated rings. The molecule has 2 aromatic rings. The van der Waals surface area contributed by atoms with E-state index in [1.54, 1.807) is 12.1 Å². The summed E-state index contributed by atoms with van der Waals surface area (Å²) in [5, 5.41) is 8.76. The summed E-state index contributed by atoms with van der Waals surface area (Å²) < 4.78 is 0. The van der Waals surface area contributed by atoms with E-state index in [0.717, 1.165) is 11.3 Å². The van der Waals surface area contributed by atoms with E-state index in [1.807, 2.05) is 18.3 Å². The molecule has 0 aliphatic rings. The van der Waals surface area contributed by atoms with Crippen molar-refractivity contribution in [2.45, 2.75) is 32.6 Å². The third-order valence-corrected chi connectivity index (χ3v) is 3.59. The van der Waals surface area contributed by atoms with E-state index in [-0.39, 0.29) is 0 Å².